The zero-order valence-corrected chi connectivity index (χ0v) is 19.4. The first kappa shape index (κ1) is 22.6. The molecule has 3 heterocycles. The number of hydrogen-bond donors (Lipinski definition) is 0. The average molecular weight is 460 g/mol. The molecule has 0 amide bonds. The Hall–Kier alpha value is -1.85. The van der Waals surface area contributed by atoms with Gasteiger partial charge in [-0.15, -0.1) is 0 Å². The molecule has 0 radical (unpaired) electrons. The van der Waals surface area contributed by atoms with Gasteiger partial charge in [0.25, 0.3) is 0 Å². The molecule has 6 atom stereocenters. The van der Waals surface area contributed by atoms with Gasteiger partial charge in [0.05, 0.1) is 0 Å². The highest BCUT2D eigenvalue weighted by Crippen LogP contribution is 2.55. The molecule has 5 fully saturated rings. The van der Waals surface area contributed by atoms with E-state index in [0.29, 0.717) is 13.2 Å². The lowest BCUT2D eigenvalue weighted by Crippen LogP contribution is -2.76. The molecule has 8 heteroatoms. The van der Waals surface area contributed by atoms with Gasteiger partial charge in [-0.1, -0.05) is 62.4 Å². The van der Waals surface area contributed by atoms with Gasteiger partial charge in [-0.3, -0.25) is 0 Å². The third-order valence-electron chi connectivity index (χ3n) is 7.98. The van der Waals surface area contributed by atoms with Gasteiger partial charge in [-0.25, -0.2) is 0 Å². The van der Waals surface area contributed by atoms with Gasteiger partial charge >= 0.3 is 14.2 Å². The first-order valence-electron chi connectivity index (χ1n) is 12.5. The summed E-state index contributed by atoms with van der Waals surface area (Å²) in [5, 5.41) is 0. The lowest BCUT2D eigenvalue weighted by molar-refractivity contribution is -0.460. The van der Waals surface area contributed by atoms with Crippen LogP contribution in [0.25, 0.3) is 0 Å². The van der Waals surface area contributed by atoms with E-state index in [1.165, 1.54) is 0 Å². The van der Waals surface area contributed by atoms with Crippen LogP contribution in [0.2, 0.25) is 0 Å². The maximum absolute atomic E-state index is 7.03. The van der Waals surface area contributed by atoms with Crippen LogP contribution in [-0.2, 0) is 28.1 Å². The molecule has 1 aromatic carbocycles. The molecule has 0 aromatic heterocycles. The molecule has 2 aliphatic carbocycles. The summed E-state index contributed by atoms with van der Waals surface area (Å²) >= 11 is 0. The van der Waals surface area contributed by atoms with E-state index in [9.17, 15) is 0 Å². The number of ether oxygens (including phenoxy) is 2. The van der Waals surface area contributed by atoms with E-state index < -0.39 is 25.8 Å². The van der Waals surface area contributed by atoms with Crippen molar-refractivity contribution in [1.82, 2.24) is 0 Å². The molecule has 34 heavy (non-hydrogen) atoms. The Morgan fingerprint density at radius 1 is 0.941 bits per heavy atom. The zero-order chi connectivity index (χ0) is 23.2. The van der Waals surface area contributed by atoms with E-state index in [1.54, 1.807) is 12.2 Å². The Balaban J connectivity index is 1.33. The Kier molecular flexibility index (Phi) is 5.97. The molecule has 176 valence electrons. The largest absolute Gasteiger partial charge is 0.496 e. The molecule has 2 spiro atoms. The van der Waals surface area contributed by atoms with E-state index >= 15 is 0 Å². The summed E-state index contributed by atoms with van der Waals surface area (Å²) < 4.78 is 39.7. The summed E-state index contributed by atoms with van der Waals surface area (Å²) in [5.41, 5.74) is 1.74. The fraction of sp³-hybridized carbons (Fsp3) is 0.538. The van der Waals surface area contributed by atoms with Crippen LogP contribution in [-0.4, -0.2) is 51.2 Å². The van der Waals surface area contributed by atoms with Crippen LogP contribution in [0.4, 0.5) is 0 Å². The van der Waals surface area contributed by atoms with Gasteiger partial charge in [-0.05, 0) is 48.8 Å². The summed E-state index contributed by atoms with van der Waals surface area (Å²) in [6.45, 7) is 8.87. The van der Waals surface area contributed by atoms with Crippen molar-refractivity contribution in [3.8, 4) is 0 Å². The Morgan fingerprint density at radius 2 is 1.65 bits per heavy atom. The van der Waals surface area contributed by atoms with Crippen LogP contribution in [0.3, 0.4) is 0 Å². The quantitative estimate of drug-likeness (QED) is 0.509. The van der Waals surface area contributed by atoms with E-state index in [-0.39, 0.29) is 24.0 Å². The second-order valence-corrected chi connectivity index (χ2v) is 9.85. The zero-order valence-electron chi connectivity index (χ0n) is 19.4. The van der Waals surface area contributed by atoms with Crippen molar-refractivity contribution in [3.05, 3.63) is 67.2 Å². The molecule has 5 aliphatic rings. The van der Waals surface area contributed by atoms with E-state index in [1.807, 2.05) is 24.3 Å². The van der Waals surface area contributed by atoms with Gasteiger partial charge in [-0.2, -0.15) is 0 Å². The van der Waals surface area contributed by atoms with E-state index in [0.717, 1.165) is 49.5 Å². The molecule has 0 N–H and O–H groups in total. The molecule has 3 saturated heterocycles. The van der Waals surface area contributed by atoms with Crippen molar-refractivity contribution in [2.75, 3.05) is 13.2 Å². The Morgan fingerprint density at radius 3 is 2.29 bits per heavy atom. The van der Waals surface area contributed by atoms with Gasteiger partial charge in [0.15, 0.2) is 11.6 Å². The Bertz CT molecular complexity index is 956. The topological polar surface area (TPSA) is 55.4 Å². The van der Waals surface area contributed by atoms with Crippen LogP contribution < -0.4 is 5.46 Å². The predicted molar refractivity (Wildman–Crippen MR) is 128 cm³/mol. The molecular formula is C26H30B2O6. The molecular weight excluding hydrogens is 430 g/mol. The standard InChI is InChI=1S/C26H30B2O6/c1-3-10-21(4-2)27-29-17-19-11-8-15-23-25(19,33-27)31-24-16-9-12-20-18-30-28(34-26(20,24)32-23)22-13-6-5-7-14-22/h3-4,6,10,13-14,19-20,23-24H,1-2,8-9,11-12,15-18H2/b21-10+. The summed E-state index contributed by atoms with van der Waals surface area (Å²) in [6, 6.07) is 11.6. The molecule has 6 rings (SSSR count). The van der Waals surface area contributed by atoms with Crippen molar-refractivity contribution in [2.24, 2.45) is 11.8 Å². The van der Waals surface area contributed by atoms with Crippen molar-refractivity contribution in [3.63, 3.8) is 0 Å². The maximum Gasteiger partial charge on any atom is 0.496 e. The first-order valence-corrected chi connectivity index (χ1v) is 12.5. The second kappa shape index (κ2) is 8.98. The highest BCUT2D eigenvalue weighted by Gasteiger charge is 2.68. The second-order valence-electron chi connectivity index (χ2n) is 9.85. The van der Waals surface area contributed by atoms with Gasteiger partial charge < -0.3 is 28.1 Å². The smallest absolute Gasteiger partial charge is 0.407 e. The van der Waals surface area contributed by atoms with Gasteiger partial charge in [0, 0.05) is 25.0 Å². The van der Waals surface area contributed by atoms with Crippen LogP contribution in [0, 0.1) is 24.0 Å². The van der Waals surface area contributed by atoms with Crippen molar-refractivity contribution in [1.29, 1.82) is 0 Å². The highest BCUT2D eigenvalue weighted by atomic mass is 16.8. The van der Waals surface area contributed by atoms with Gasteiger partial charge in [0.2, 0.25) is 0 Å². The normalized spacial score (nSPS) is 39.6. The lowest BCUT2D eigenvalue weighted by atomic mass is 9.68. The SMILES string of the molecule is C=C/C=C(\C=C)B1OCC2CCCC3OC45OB(c6cc#ccc6)OCC4CCCC5OC23O1. The molecule has 2 saturated carbocycles. The summed E-state index contributed by atoms with van der Waals surface area (Å²) in [5.74, 6) is -1.51. The fourth-order valence-corrected chi connectivity index (χ4v) is 6.32. The summed E-state index contributed by atoms with van der Waals surface area (Å²) in [7, 11) is -1.09. The third kappa shape index (κ3) is 3.53. The Labute approximate surface area is 202 Å². The van der Waals surface area contributed by atoms with Crippen LogP contribution >= 0.6 is 0 Å². The van der Waals surface area contributed by atoms with Gasteiger partial charge in [0.1, 0.15) is 12.2 Å². The van der Waals surface area contributed by atoms with Crippen LogP contribution in [0.1, 0.15) is 38.5 Å². The molecule has 3 aliphatic heterocycles. The van der Waals surface area contributed by atoms with Crippen LogP contribution in [0.5, 0.6) is 0 Å². The van der Waals surface area contributed by atoms with Crippen molar-refractivity contribution in [2.45, 2.75) is 62.3 Å². The third-order valence-corrected chi connectivity index (χ3v) is 7.98. The predicted octanol–water partition coefficient (Wildman–Crippen LogP) is 3.18. The lowest BCUT2D eigenvalue weighted by Gasteiger charge is -2.64. The van der Waals surface area contributed by atoms with Crippen molar-refractivity contribution < 1.29 is 28.1 Å². The molecule has 0 bridgehead atoms. The highest BCUT2D eigenvalue weighted by molar-refractivity contribution is 6.61. The number of rotatable bonds is 4. The minimum atomic E-state index is -0.866. The van der Waals surface area contributed by atoms with E-state index in [2.05, 4.69) is 25.3 Å². The number of hydrogen-bond acceptors (Lipinski definition) is 6. The number of allylic oxidation sites excluding steroid dienone is 4. The molecule has 6 nitrogen and oxygen atoms in total. The molecule has 1 aromatic rings. The minimum absolute atomic E-state index is 0.102. The monoisotopic (exact) mass is 460 g/mol. The molecule has 6 unspecified atom stereocenters. The summed E-state index contributed by atoms with van der Waals surface area (Å²) in [4.78, 5) is 0. The fourth-order valence-electron chi connectivity index (χ4n) is 6.32. The van der Waals surface area contributed by atoms with Crippen molar-refractivity contribution >= 4 is 19.7 Å². The maximum atomic E-state index is 7.03. The first-order chi connectivity index (χ1) is 16.7. The van der Waals surface area contributed by atoms with Crippen LogP contribution in [0.15, 0.2) is 55.1 Å². The minimum Gasteiger partial charge on any atom is -0.407 e. The van der Waals surface area contributed by atoms with E-state index in [4.69, 9.17) is 28.1 Å². The summed E-state index contributed by atoms with van der Waals surface area (Å²) in [6.07, 6.45) is 10.6. The average Bonchev–Trinajstić information content (AvgIpc) is 2.88.